The van der Waals surface area contributed by atoms with Crippen LogP contribution >= 0.6 is 0 Å². The lowest BCUT2D eigenvalue weighted by molar-refractivity contribution is -0.125. The van der Waals surface area contributed by atoms with Gasteiger partial charge in [0, 0.05) is 11.6 Å². The first-order chi connectivity index (χ1) is 8.50. The first-order valence-electron chi connectivity index (χ1n) is 6.26. The summed E-state index contributed by atoms with van der Waals surface area (Å²) in [5.74, 6) is 1.21. The highest BCUT2D eigenvalue weighted by Crippen LogP contribution is 2.12. The molecule has 0 aromatic heterocycles. The molecule has 4 nitrogen and oxygen atoms in total. The Morgan fingerprint density at radius 1 is 1.28 bits per heavy atom. The lowest BCUT2D eigenvalue weighted by Gasteiger charge is -2.15. The predicted octanol–water partition coefficient (Wildman–Crippen LogP) is 2.06. The predicted molar refractivity (Wildman–Crippen MR) is 73.4 cm³/mol. The lowest BCUT2D eigenvalue weighted by Crippen LogP contribution is -2.34. The van der Waals surface area contributed by atoms with Crippen LogP contribution in [0.3, 0.4) is 0 Å². The summed E-state index contributed by atoms with van der Waals surface area (Å²) in [6, 6.07) is 7.20. The van der Waals surface area contributed by atoms with Crippen LogP contribution in [0.4, 0.5) is 5.69 Å². The van der Waals surface area contributed by atoms with Gasteiger partial charge < -0.3 is 15.8 Å². The van der Waals surface area contributed by atoms with Crippen molar-refractivity contribution in [3.8, 4) is 5.75 Å². The second kappa shape index (κ2) is 6.89. The van der Waals surface area contributed by atoms with Crippen LogP contribution in [0.5, 0.6) is 5.75 Å². The Kier molecular flexibility index (Phi) is 5.49. The summed E-state index contributed by atoms with van der Waals surface area (Å²) in [6.07, 6.45) is 0. The van der Waals surface area contributed by atoms with Gasteiger partial charge in [0.15, 0.2) is 0 Å². The first kappa shape index (κ1) is 14.4. The summed E-state index contributed by atoms with van der Waals surface area (Å²) in [6.45, 7) is 6.98. The SMILES string of the molecule is CC(C)C(C)C(=O)NCCOc1ccc(N)cc1. The van der Waals surface area contributed by atoms with Crippen LogP contribution in [0, 0.1) is 11.8 Å². The van der Waals surface area contributed by atoms with Crippen LogP contribution in [-0.2, 0) is 4.79 Å². The molecule has 1 aromatic carbocycles. The second-order valence-corrected chi connectivity index (χ2v) is 4.74. The third kappa shape index (κ3) is 4.65. The topological polar surface area (TPSA) is 64.3 Å². The van der Waals surface area contributed by atoms with Crippen molar-refractivity contribution in [2.45, 2.75) is 20.8 Å². The molecule has 0 radical (unpaired) electrons. The van der Waals surface area contributed by atoms with E-state index in [0.29, 0.717) is 24.8 Å². The maximum Gasteiger partial charge on any atom is 0.223 e. The van der Waals surface area contributed by atoms with Gasteiger partial charge in [-0.25, -0.2) is 0 Å². The molecule has 0 aliphatic heterocycles. The van der Waals surface area contributed by atoms with Gasteiger partial charge in [-0.3, -0.25) is 4.79 Å². The summed E-state index contributed by atoms with van der Waals surface area (Å²) in [5.41, 5.74) is 6.28. The minimum Gasteiger partial charge on any atom is -0.492 e. The summed E-state index contributed by atoms with van der Waals surface area (Å²) >= 11 is 0. The molecule has 1 unspecified atom stereocenters. The Morgan fingerprint density at radius 3 is 2.44 bits per heavy atom. The molecule has 0 saturated carbocycles. The molecule has 0 spiro atoms. The van der Waals surface area contributed by atoms with Gasteiger partial charge in [0.1, 0.15) is 12.4 Å². The largest absolute Gasteiger partial charge is 0.492 e. The van der Waals surface area contributed by atoms with Crippen molar-refractivity contribution < 1.29 is 9.53 Å². The maximum absolute atomic E-state index is 11.7. The number of ether oxygens (including phenoxy) is 1. The van der Waals surface area contributed by atoms with Crippen LogP contribution in [0.15, 0.2) is 24.3 Å². The average Bonchev–Trinajstić information content (AvgIpc) is 2.35. The standard InChI is InChI=1S/C14H22N2O2/c1-10(2)11(3)14(17)16-8-9-18-13-6-4-12(15)5-7-13/h4-7,10-11H,8-9,15H2,1-3H3,(H,16,17). The van der Waals surface area contributed by atoms with Crippen LogP contribution < -0.4 is 15.8 Å². The summed E-state index contributed by atoms with van der Waals surface area (Å²) in [7, 11) is 0. The molecule has 4 heteroatoms. The molecule has 0 heterocycles. The molecule has 18 heavy (non-hydrogen) atoms. The van der Waals surface area contributed by atoms with Crippen molar-refractivity contribution in [2.24, 2.45) is 11.8 Å². The van der Waals surface area contributed by atoms with Gasteiger partial charge in [-0.15, -0.1) is 0 Å². The van der Waals surface area contributed by atoms with Gasteiger partial charge >= 0.3 is 0 Å². The molecule has 100 valence electrons. The summed E-state index contributed by atoms with van der Waals surface area (Å²) < 4.78 is 5.48. The summed E-state index contributed by atoms with van der Waals surface area (Å²) in [5, 5.41) is 2.86. The van der Waals surface area contributed by atoms with Crippen LogP contribution in [0.2, 0.25) is 0 Å². The molecule has 1 rings (SSSR count). The van der Waals surface area contributed by atoms with Gasteiger partial charge in [-0.2, -0.15) is 0 Å². The third-order valence-corrected chi connectivity index (χ3v) is 2.96. The normalized spacial score (nSPS) is 12.2. The number of amides is 1. The molecule has 0 aliphatic carbocycles. The monoisotopic (exact) mass is 250 g/mol. The van der Waals surface area contributed by atoms with Crippen LogP contribution in [0.1, 0.15) is 20.8 Å². The van der Waals surface area contributed by atoms with Crippen molar-refractivity contribution in [3.63, 3.8) is 0 Å². The fraction of sp³-hybridized carbons (Fsp3) is 0.500. The maximum atomic E-state index is 11.7. The van der Waals surface area contributed by atoms with Crippen molar-refractivity contribution in [3.05, 3.63) is 24.3 Å². The van der Waals surface area contributed by atoms with E-state index >= 15 is 0 Å². The Hall–Kier alpha value is -1.71. The van der Waals surface area contributed by atoms with E-state index in [1.807, 2.05) is 32.9 Å². The van der Waals surface area contributed by atoms with E-state index in [4.69, 9.17) is 10.5 Å². The zero-order valence-corrected chi connectivity index (χ0v) is 11.3. The number of nitrogens with two attached hydrogens (primary N) is 1. The van der Waals surface area contributed by atoms with Crippen molar-refractivity contribution >= 4 is 11.6 Å². The van der Waals surface area contributed by atoms with Gasteiger partial charge in [0.25, 0.3) is 0 Å². The number of anilines is 1. The molecule has 0 aliphatic rings. The quantitative estimate of drug-likeness (QED) is 0.600. The fourth-order valence-electron chi connectivity index (χ4n) is 1.37. The smallest absolute Gasteiger partial charge is 0.223 e. The Labute approximate surface area is 109 Å². The Bertz CT molecular complexity index is 374. The molecule has 0 fully saturated rings. The van der Waals surface area contributed by atoms with E-state index in [0.717, 1.165) is 5.75 Å². The minimum atomic E-state index is 0.0292. The zero-order valence-electron chi connectivity index (χ0n) is 11.3. The van der Waals surface area contributed by atoms with Crippen molar-refractivity contribution in [1.29, 1.82) is 0 Å². The van der Waals surface area contributed by atoms with E-state index in [1.54, 1.807) is 12.1 Å². The highest BCUT2D eigenvalue weighted by Gasteiger charge is 2.15. The first-order valence-corrected chi connectivity index (χ1v) is 6.26. The highest BCUT2D eigenvalue weighted by atomic mass is 16.5. The molecular formula is C14H22N2O2. The van der Waals surface area contributed by atoms with E-state index in [1.165, 1.54) is 0 Å². The van der Waals surface area contributed by atoms with E-state index < -0.39 is 0 Å². The number of nitrogen functional groups attached to an aromatic ring is 1. The number of carbonyl (C=O) groups excluding carboxylic acids is 1. The molecular weight excluding hydrogens is 228 g/mol. The summed E-state index contributed by atoms with van der Waals surface area (Å²) in [4.78, 5) is 11.7. The average molecular weight is 250 g/mol. The van der Waals surface area contributed by atoms with Crippen LogP contribution in [-0.4, -0.2) is 19.1 Å². The molecule has 0 bridgehead atoms. The van der Waals surface area contributed by atoms with E-state index in [9.17, 15) is 4.79 Å². The third-order valence-electron chi connectivity index (χ3n) is 2.96. The van der Waals surface area contributed by atoms with E-state index in [-0.39, 0.29) is 11.8 Å². The zero-order chi connectivity index (χ0) is 13.5. The van der Waals surface area contributed by atoms with Crippen LogP contribution in [0.25, 0.3) is 0 Å². The number of nitrogens with one attached hydrogen (secondary N) is 1. The highest BCUT2D eigenvalue weighted by molar-refractivity contribution is 5.78. The van der Waals surface area contributed by atoms with Gasteiger partial charge in [-0.1, -0.05) is 20.8 Å². The number of carbonyl (C=O) groups is 1. The minimum absolute atomic E-state index is 0.0292. The number of hydrogen-bond donors (Lipinski definition) is 2. The fourth-order valence-corrected chi connectivity index (χ4v) is 1.37. The molecule has 1 amide bonds. The van der Waals surface area contributed by atoms with Gasteiger partial charge in [0.05, 0.1) is 6.54 Å². The van der Waals surface area contributed by atoms with Crippen molar-refractivity contribution in [1.82, 2.24) is 5.32 Å². The molecule has 0 saturated heterocycles. The molecule has 3 N–H and O–H groups in total. The Morgan fingerprint density at radius 2 is 1.89 bits per heavy atom. The second-order valence-electron chi connectivity index (χ2n) is 4.74. The van der Waals surface area contributed by atoms with Gasteiger partial charge in [-0.05, 0) is 30.2 Å². The van der Waals surface area contributed by atoms with Crippen molar-refractivity contribution in [2.75, 3.05) is 18.9 Å². The van der Waals surface area contributed by atoms with Gasteiger partial charge in [0.2, 0.25) is 5.91 Å². The lowest BCUT2D eigenvalue weighted by atomic mass is 9.97. The number of rotatable bonds is 6. The number of benzene rings is 1. The van der Waals surface area contributed by atoms with E-state index in [2.05, 4.69) is 5.32 Å². The Balaban J connectivity index is 2.23. The molecule has 1 aromatic rings. The number of hydrogen-bond acceptors (Lipinski definition) is 3. The molecule has 1 atom stereocenters.